The van der Waals surface area contributed by atoms with Crippen LogP contribution in [0.25, 0.3) is 0 Å². The predicted molar refractivity (Wildman–Crippen MR) is 66.3 cm³/mol. The second-order valence-corrected chi connectivity index (χ2v) is 5.14. The largest absolute Gasteiger partial charge is 0.444 e. The summed E-state index contributed by atoms with van der Waals surface area (Å²) < 4.78 is 7.53. The fourth-order valence-corrected chi connectivity index (χ4v) is 1.31. The summed E-state index contributed by atoms with van der Waals surface area (Å²) in [7, 11) is 1.69. The zero-order valence-electron chi connectivity index (χ0n) is 10.6. The maximum Gasteiger partial charge on any atom is 0.410 e. The Hall–Kier alpha value is -1.37. The molecule has 1 aromatic rings. The molecule has 7 heteroatoms. The summed E-state index contributed by atoms with van der Waals surface area (Å²) in [4.78, 5) is 13.2. The molecular formula is C10H18N4O2S. The van der Waals surface area contributed by atoms with E-state index in [1.54, 1.807) is 17.9 Å². The average Bonchev–Trinajstić information content (AvgIpc) is 2.57. The Kier molecular flexibility index (Phi) is 4.28. The molecule has 0 atom stereocenters. The first kappa shape index (κ1) is 13.7. The van der Waals surface area contributed by atoms with Crippen LogP contribution in [0.15, 0.2) is 6.33 Å². The fraction of sp³-hybridized carbons (Fsp3) is 0.700. The Balaban J connectivity index is 2.45. The Morgan fingerprint density at radius 2 is 2.29 bits per heavy atom. The molecule has 0 fully saturated rings. The number of ether oxygens (including phenoxy) is 1. The molecule has 0 radical (unpaired) electrons. The number of amides is 1. The number of likely N-dealkylation sites (N-methyl/N-ethyl adjacent to an activating group) is 1. The van der Waals surface area contributed by atoms with Gasteiger partial charge in [-0.3, -0.25) is 5.10 Å². The molecular weight excluding hydrogens is 240 g/mol. The normalized spacial score (nSPS) is 11.3. The van der Waals surface area contributed by atoms with E-state index >= 15 is 0 Å². The minimum atomic E-state index is -0.475. The number of rotatable bonds is 3. The van der Waals surface area contributed by atoms with Gasteiger partial charge in [-0.25, -0.2) is 4.79 Å². The molecule has 0 aliphatic carbocycles. The molecule has 0 bridgehead atoms. The summed E-state index contributed by atoms with van der Waals surface area (Å²) in [5.41, 5.74) is -0.475. The van der Waals surface area contributed by atoms with Gasteiger partial charge in [0.1, 0.15) is 11.9 Å². The summed E-state index contributed by atoms with van der Waals surface area (Å²) in [6, 6.07) is 0. The molecule has 0 saturated heterocycles. The zero-order chi connectivity index (χ0) is 13.1. The average molecular weight is 258 g/mol. The Bertz CT molecular complexity index is 432. The minimum absolute atomic E-state index is 0.340. The van der Waals surface area contributed by atoms with Crippen molar-refractivity contribution in [1.82, 2.24) is 19.7 Å². The minimum Gasteiger partial charge on any atom is -0.444 e. The summed E-state index contributed by atoms with van der Waals surface area (Å²) in [6.45, 7) is 6.62. The van der Waals surface area contributed by atoms with E-state index < -0.39 is 5.60 Å². The molecule has 17 heavy (non-hydrogen) atoms. The first-order valence-electron chi connectivity index (χ1n) is 5.33. The van der Waals surface area contributed by atoms with Gasteiger partial charge in [0.25, 0.3) is 0 Å². The number of H-pyrrole nitrogens is 1. The number of nitrogens with one attached hydrogen (secondary N) is 1. The molecule has 0 saturated carbocycles. The van der Waals surface area contributed by atoms with Gasteiger partial charge in [-0.1, -0.05) is 0 Å². The molecule has 0 aliphatic rings. The van der Waals surface area contributed by atoms with Gasteiger partial charge in [0.05, 0.1) is 0 Å². The van der Waals surface area contributed by atoms with E-state index in [9.17, 15) is 4.79 Å². The summed E-state index contributed by atoms with van der Waals surface area (Å²) >= 11 is 5.00. The van der Waals surface area contributed by atoms with Gasteiger partial charge in [-0.15, -0.1) is 0 Å². The summed E-state index contributed by atoms with van der Waals surface area (Å²) in [6.07, 6.45) is 1.26. The number of carbonyl (C=O) groups excluding carboxylic acids is 1. The van der Waals surface area contributed by atoms with E-state index in [1.165, 1.54) is 4.90 Å². The van der Waals surface area contributed by atoms with Crippen molar-refractivity contribution in [2.45, 2.75) is 32.9 Å². The van der Waals surface area contributed by atoms with Gasteiger partial charge in [-0.05, 0) is 33.0 Å². The third kappa shape index (κ3) is 4.56. The first-order chi connectivity index (χ1) is 7.79. The molecule has 1 rings (SSSR count). The smallest absolute Gasteiger partial charge is 0.410 e. The highest BCUT2D eigenvalue weighted by Crippen LogP contribution is 2.08. The maximum atomic E-state index is 11.6. The number of nitrogens with zero attached hydrogens (tertiary/aromatic N) is 3. The molecule has 1 amide bonds. The molecule has 1 heterocycles. The van der Waals surface area contributed by atoms with Crippen LogP contribution < -0.4 is 0 Å². The van der Waals surface area contributed by atoms with Crippen LogP contribution in [0.5, 0.6) is 0 Å². The number of carbonyl (C=O) groups is 1. The van der Waals surface area contributed by atoms with E-state index in [2.05, 4.69) is 10.2 Å². The monoisotopic (exact) mass is 258 g/mol. The molecule has 1 N–H and O–H groups in total. The second-order valence-electron chi connectivity index (χ2n) is 4.76. The zero-order valence-corrected chi connectivity index (χ0v) is 11.4. The van der Waals surface area contributed by atoms with Crippen molar-refractivity contribution in [3.8, 4) is 0 Å². The van der Waals surface area contributed by atoms with E-state index in [0.717, 1.165) is 0 Å². The number of aromatic amines is 1. The summed E-state index contributed by atoms with van der Waals surface area (Å²) in [5, 5.41) is 6.46. The lowest BCUT2D eigenvalue weighted by Gasteiger charge is -2.24. The van der Waals surface area contributed by atoms with Crippen molar-refractivity contribution in [1.29, 1.82) is 0 Å². The van der Waals surface area contributed by atoms with Gasteiger partial charge < -0.3 is 14.2 Å². The third-order valence-electron chi connectivity index (χ3n) is 2.00. The number of aromatic nitrogens is 3. The first-order valence-corrected chi connectivity index (χ1v) is 5.74. The van der Waals surface area contributed by atoms with Gasteiger partial charge in [0.2, 0.25) is 0 Å². The highest BCUT2D eigenvalue weighted by molar-refractivity contribution is 7.71. The molecule has 6 nitrogen and oxygen atoms in total. The van der Waals surface area contributed by atoms with Crippen LogP contribution in [0.1, 0.15) is 20.8 Å². The van der Waals surface area contributed by atoms with E-state index in [0.29, 0.717) is 17.9 Å². The van der Waals surface area contributed by atoms with E-state index in [1.807, 2.05) is 20.8 Å². The van der Waals surface area contributed by atoms with Crippen LogP contribution in [-0.4, -0.2) is 45.0 Å². The Morgan fingerprint density at radius 3 is 2.76 bits per heavy atom. The maximum absolute atomic E-state index is 11.6. The predicted octanol–water partition coefficient (Wildman–Crippen LogP) is 1.81. The van der Waals surface area contributed by atoms with Crippen molar-refractivity contribution in [2.75, 3.05) is 13.6 Å². The van der Waals surface area contributed by atoms with Crippen molar-refractivity contribution < 1.29 is 9.53 Å². The SMILES string of the molecule is CN(CCn1cn[nH]c1=S)C(=O)OC(C)(C)C. The van der Waals surface area contributed by atoms with Crippen LogP contribution in [0.3, 0.4) is 0 Å². The number of hydrogen-bond donors (Lipinski definition) is 1. The lowest BCUT2D eigenvalue weighted by molar-refractivity contribution is 0.0293. The van der Waals surface area contributed by atoms with E-state index in [-0.39, 0.29) is 6.09 Å². The standard InChI is InChI=1S/C10H18N4O2S/c1-10(2,3)16-9(15)13(4)5-6-14-7-11-12-8(14)17/h7H,5-6H2,1-4H3,(H,12,17). The van der Waals surface area contributed by atoms with Crippen molar-refractivity contribution in [3.63, 3.8) is 0 Å². The van der Waals surface area contributed by atoms with Crippen LogP contribution in [0, 0.1) is 4.77 Å². The Labute approximate surface area is 106 Å². The van der Waals surface area contributed by atoms with Crippen molar-refractivity contribution >= 4 is 18.3 Å². The summed E-state index contributed by atoms with van der Waals surface area (Å²) in [5.74, 6) is 0. The van der Waals surface area contributed by atoms with Crippen LogP contribution in [0.4, 0.5) is 4.79 Å². The highest BCUT2D eigenvalue weighted by Gasteiger charge is 2.19. The molecule has 1 aromatic heterocycles. The van der Waals surface area contributed by atoms with Crippen molar-refractivity contribution in [3.05, 3.63) is 11.1 Å². The van der Waals surface area contributed by atoms with Gasteiger partial charge in [-0.2, -0.15) is 5.10 Å². The lowest BCUT2D eigenvalue weighted by atomic mass is 10.2. The molecule has 0 aliphatic heterocycles. The highest BCUT2D eigenvalue weighted by atomic mass is 32.1. The number of hydrogen-bond acceptors (Lipinski definition) is 4. The topological polar surface area (TPSA) is 63.2 Å². The van der Waals surface area contributed by atoms with E-state index in [4.69, 9.17) is 17.0 Å². The third-order valence-corrected chi connectivity index (χ3v) is 2.33. The van der Waals surface area contributed by atoms with Gasteiger partial charge >= 0.3 is 6.09 Å². The van der Waals surface area contributed by atoms with Gasteiger partial charge in [0.15, 0.2) is 4.77 Å². The van der Waals surface area contributed by atoms with Gasteiger partial charge in [0, 0.05) is 20.1 Å². The van der Waals surface area contributed by atoms with Crippen LogP contribution in [0.2, 0.25) is 0 Å². The quantitative estimate of drug-likeness (QED) is 0.840. The van der Waals surface area contributed by atoms with Crippen LogP contribution >= 0.6 is 12.2 Å². The second kappa shape index (κ2) is 5.31. The molecule has 0 unspecified atom stereocenters. The van der Waals surface area contributed by atoms with Crippen LogP contribution in [-0.2, 0) is 11.3 Å². The molecule has 0 aromatic carbocycles. The Morgan fingerprint density at radius 1 is 1.65 bits per heavy atom. The molecule has 96 valence electrons. The fourth-order valence-electron chi connectivity index (χ4n) is 1.12. The molecule has 0 spiro atoms. The van der Waals surface area contributed by atoms with Crippen molar-refractivity contribution in [2.24, 2.45) is 0 Å². The lowest BCUT2D eigenvalue weighted by Crippen LogP contribution is -2.35.